The standard InChI is InChI=1S/C11H16N5/c1-12-9-11(6-3-2-4-7-11)8-5-10-13-15-16-14-10/h2-4,6-7,12H,5,8-9H2,1H3,(H,13,14,15,16). The zero-order valence-electron chi connectivity index (χ0n) is 9.35. The summed E-state index contributed by atoms with van der Waals surface area (Å²) < 4.78 is 0. The lowest BCUT2D eigenvalue weighted by Crippen LogP contribution is -2.32. The van der Waals surface area contributed by atoms with E-state index in [0.29, 0.717) is 0 Å². The second-order valence-electron chi connectivity index (χ2n) is 4.02. The van der Waals surface area contributed by atoms with Gasteiger partial charge < -0.3 is 5.32 Å². The van der Waals surface area contributed by atoms with Gasteiger partial charge in [0.15, 0.2) is 0 Å². The molecule has 1 radical (unpaired) electrons. The van der Waals surface area contributed by atoms with Gasteiger partial charge in [-0.3, -0.25) is 0 Å². The summed E-state index contributed by atoms with van der Waals surface area (Å²) >= 11 is 0. The molecule has 1 aromatic heterocycles. The number of aromatic nitrogens is 4. The molecule has 85 valence electrons. The highest BCUT2D eigenvalue weighted by atomic mass is 15.5. The van der Waals surface area contributed by atoms with E-state index >= 15 is 0 Å². The molecule has 16 heavy (non-hydrogen) atoms. The molecule has 1 aromatic rings. The quantitative estimate of drug-likeness (QED) is 0.762. The van der Waals surface area contributed by atoms with E-state index in [4.69, 9.17) is 0 Å². The van der Waals surface area contributed by atoms with E-state index < -0.39 is 0 Å². The fourth-order valence-electron chi connectivity index (χ4n) is 1.95. The Bertz CT molecular complexity index is 368. The fraction of sp³-hybridized carbons (Fsp3) is 0.455. The summed E-state index contributed by atoms with van der Waals surface area (Å²) in [5.41, 5.74) is 0.0797. The minimum atomic E-state index is 0.0797. The summed E-state index contributed by atoms with van der Waals surface area (Å²) in [6.07, 6.45) is 12.5. The van der Waals surface area contributed by atoms with Crippen LogP contribution in [0.3, 0.4) is 0 Å². The number of nitrogens with zero attached hydrogens (tertiary/aromatic N) is 3. The van der Waals surface area contributed by atoms with Crippen LogP contribution in [0, 0.1) is 11.8 Å². The summed E-state index contributed by atoms with van der Waals surface area (Å²) in [6.45, 7) is 0.926. The normalized spacial score (nSPS) is 23.8. The van der Waals surface area contributed by atoms with Crippen molar-refractivity contribution in [2.24, 2.45) is 5.41 Å². The minimum Gasteiger partial charge on any atom is -0.319 e. The number of hydrogen-bond donors (Lipinski definition) is 2. The highest BCUT2D eigenvalue weighted by Crippen LogP contribution is 2.31. The average molecular weight is 218 g/mol. The van der Waals surface area contributed by atoms with Crippen molar-refractivity contribution < 1.29 is 0 Å². The summed E-state index contributed by atoms with van der Waals surface area (Å²) in [6, 6.07) is 0. The molecule has 1 unspecified atom stereocenters. The van der Waals surface area contributed by atoms with E-state index in [9.17, 15) is 0 Å². The maximum absolute atomic E-state index is 3.90. The van der Waals surface area contributed by atoms with Crippen molar-refractivity contribution in [3.8, 4) is 0 Å². The number of rotatable bonds is 5. The van der Waals surface area contributed by atoms with E-state index in [1.807, 2.05) is 13.1 Å². The maximum atomic E-state index is 3.90. The summed E-state index contributed by atoms with van der Waals surface area (Å²) in [7, 11) is 1.97. The smallest absolute Gasteiger partial charge is 0.148 e. The molecule has 0 saturated carbocycles. The number of aryl methyl sites for hydroxylation is 1. The number of H-pyrrole nitrogens is 1. The van der Waals surface area contributed by atoms with Crippen LogP contribution >= 0.6 is 0 Å². The van der Waals surface area contributed by atoms with Gasteiger partial charge in [-0.2, -0.15) is 0 Å². The molecule has 1 aliphatic rings. The molecular formula is C11H16N5. The Hall–Kier alpha value is -1.49. The van der Waals surface area contributed by atoms with E-state index in [1.54, 1.807) is 0 Å². The largest absolute Gasteiger partial charge is 0.319 e. The van der Waals surface area contributed by atoms with Gasteiger partial charge in [0.2, 0.25) is 0 Å². The first-order valence-electron chi connectivity index (χ1n) is 5.42. The van der Waals surface area contributed by atoms with Crippen molar-refractivity contribution >= 4 is 0 Å². The van der Waals surface area contributed by atoms with Crippen molar-refractivity contribution in [1.29, 1.82) is 0 Å². The third-order valence-electron chi connectivity index (χ3n) is 2.80. The molecule has 1 heterocycles. The monoisotopic (exact) mass is 218 g/mol. The van der Waals surface area contributed by atoms with Crippen molar-refractivity contribution in [2.75, 3.05) is 13.6 Å². The molecule has 5 nitrogen and oxygen atoms in total. The predicted molar refractivity (Wildman–Crippen MR) is 61.4 cm³/mol. The summed E-state index contributed by atoms with van der Waals surface area (Å²) in [5.74, 6) is 0.840. The molecule has 0 aromatic carbocycles. The molecule has 0 saturated heterocycles. The second kappa shape index (κ2) is 5.03. The Morgan fingerprint density at radius 3 is 2.94 bits per heavy atom. The predicted octanol–water partition coefficient (Wildman–Crippen LogP) is 0.668. The Morgan fingerprint density at radius 1 is 1.38 bits per heavy atom. The third kappa shape index (κ3) is 2.55. The van der Waals surface area contributed by atoms with Gasteiger partial charge in [0.1, 0.15) is 5.82 Å². The number of allylic oxidation sites excluding steroid dienone is 3. The third-order valence-corrected chi connectivity index (χ3v) is 2.80. The molecule has 0 amide bonds. The van der Waals surface area contributed by atoms with Crippen LogP contribution < -0.4 is 5.32 Å². The molecule has 1 aliphatic carbocycles. The first-order chi connectivity index (χ1) is 7.85. The topological polar surface area (TPSA) is 66.5 Å². The van der Waals surface area contributed by atoms with E-state index in [-0.39, 0.29) is 5.41 Å². The van der Waals surface area contributed by atoms with Crippen LogP contribution in [0.25, 0.3) is 0 Å². The van der Waals surface area contributed by atoms with Gasteiger partial charge in [0, 0.05) is 18.4 Å². The first-order valence-corrected chi connectivity index (χ1v) is 5.42. The Labute approximate surface area is 95.0 Å². The Balaban J connectivity index is 1.97. The van der Waals surface area contributed by atoms with Gasteiger partial charge in [0.25, 0.3) is 0 Å². The van der Waals surface area contributed by atoms with Crippen LogP contribution in [-0.4, -0.2) is 34.2 Å². The zero-order chi connectivity index (χ0) is 11.3. The van der Waals surface area contributed by atoms with Crippen LogP contribution in [0.2, 0.25) is 0 Å². The van der Waals surface area contributed by atoms with Gasteiger partial charge in [-0.05, 0) is 30.3 Å². The first kappa shape index (κ1) is 11.0. The Morgan fingerprint density at radius 2 is 2.31 bits per heavy atom. The summed E-state index contributed by atoms with van der Waals surface area (Å²) in [5, 5.41) is 17.1. The number of aromatic amines is 1. The molecule has 2 rings (SSSR count). The van der Waals surface area contributed by atoms with Gasteiger partial charge >= 0.3 is 0 Å². The summed E-state index contributed by atoms with van der Waals surface area (Å²) in [4.78, 5) is 0. The molecule has 2 N–H and O–H groups in total. The van der Waals surface area contributed by atoms with Crippen molar-refractivity contribution in [1.82, 2.24) is 25.9 Å². The van der Waals surface area contributed by atoms with Gasteiger partial charge in [-0.25, -0.2) is 5.10 Å². The molecule has 0 aliphatic heterocycles. The van der Waals surface area contributed by atoms with E-state index in [0.717, 1.165) is 25.2 Å². The molecular weight excluding hydrogens is 202 g/mol. The number of nitrogens with one attached hydrogen (secondary N) is 2. The average Bonchev–Trinajstić information content (AvgIpc) is 2.81. The fourth-order valence-corrected chi connectivity index (χ4v) is 1.95. The van der Waals surface area contributed by atoms with E-state index in [2.05, 4.69) is 50.6 Å². The highest BCUT2D eigenvalue weighted by molar-refractivity contribution is 5.25. The van der Waals surface area contributed by atoms with Crippen LogP contribution in [0.1, 0.15) is 12.2 Å². The molecule has 0 fully saturated rings. The lowest BCUT2D eigenvalue weighted by atomic mass is 9.77. The van der Waals surface area contributed by atoms with Crippen molar-refractivity contribution in [3.05, 3.63) is 36.5 Å². The van der Waals surface area contributed by atoms with Gasteiger partial charge in [-0.15, -0.1) is 5.10 Å². The minimum absolute atomic E-state index is 0.0797. The highest BCUT2D eigenvalue weighted by Gasteiger charge is 2.26. The van der Waals surface area contributed by atoms with Gasteiger partial charge in [-0.1, -0.05) is 24.3 Å². The molecule has 1 atom stereocenters. The lowest BCUT2D eigenvalue weighted by Gasteiger charge is -2.30. The van der Waals surface area contributed by atoms with Crippen LogP contribution in [0.4, 0.5) is 0 Å². The van der Waals surface area contributed by atoms with Crippen LogP contribution in [0.15, 0.2) is 24.3 Å². The SMILES string of the molecule is CNCC1(CCc2nnn[nH]2)[CH]C=CC=C1. The van der Waals surface area contributed by atoms with Crippen LogP contribution in [0.5, 0.6) is 0 Å². The van der Waals surface area contributed by atoms with Gasteiger partial charge in [0.05, 0.1) is 0 Å². The number of tetrazole rings is 1. The maximum Gasteiger partial charge on any atom is 0.148 e. The second-order valence-corrected chi connectivity index (χ2v) is 4.02. The number of hydrogen-bond acceptors (Lipinski definition) is 4. The van der Waals surface area contributed by atoms with Crippen molar-refractivity contribution in [3.63, 3.8) is 0 Å². The van der Waals surface area contributed by atoms with Crippen LogP contribution in [-0.2, 0) is 6.42 Å². The van der Waals surface area contributed by atoms with E-state index in [1.165, 1.54) is 0 Å². The zero-order valence-corrected chi connectivity index (χ0v) is 9.35. The van der Waals surface area contributed by atoms with Crippen molar-refractivity contribution in [2.45, 2.75) is 12.8 Å². The lowest BCUT2D eigenvalue weighted by molar-refractivity contribution is 0.400. The molecule has 5 heteroatoms. The molecule has 0 spiro atoms. The Kier molecular flexibility index (Phi) is 3.46. The molecule has 0 bridgehead atoms.